The fourth-order valence-corrected chi connectivity index (χ4v) is 3.98. The van der Waals surface area contributed by atoms with Crippen molar-refractivity contribution in [2.75, 3.05) is 36.7 Å². The van der Waals surface area contributed by atoms with E-state index in [1.54, 1.807) is 7.05 Å². The molecule has 0 radical (unpaired) electrons. The minimum atomic E-state index is -0.0320. The number of aromatic nitrogens is 3. The summed E-state index contributed by atoms with van der Waals surface area (Å²) in [6, 6.07) is 6.00. The molecule has 1 aromatic heterocycles. The highest BCUT2D eigenvalue weighted by Crippen LogP contribution is 2.27. The fraction of sp³-hybridized carbons (Fsp3) is 0.524. The van der Waals surface area contributed by atoms with E-state index in [-0.39, 0.29) is 17.9 Å². The maximum Gasteiger partial charge on any atom is 0.227 e. The van der Waals surface area contributed by atoms with Crippen LogP contribution in [0.2, 0.25) is 5.02 Å². The molecule has 2 aromatic rings. The molecule has 1 aliphatic rings. The number of aryl methyl sites for hydroxylation is 1. The first-order valence-corrected chi connectivity index (χ1v) is 10.6. The number of benzene rings is 1. The molecule has 1 heterocycles. The molecule has 0 spiro atoms. The topological polar surface area (TPSA) is 95.1 Å². The number of halogens is 1. The molecule has 0 aliphatic heterocycles. The van der Waals surface area contributed by atoms with E-state index in [2.05, 4.69) is 30.9 Å². The SMILES string of the molecule is CNc1nc(C)nc(N[C@@H]2CCC[C@H](C(=O)NCc3cc(Cl)cc(N(C)C)c3)C2)n1. The van der Waals surface area contributed by atoms with Gasteiger partial charge in [0.05, 0.1) is 0 Å². The number of rotatable bonds is 7. The van der Waals surface area contributed by atoms with E-state index >= 15 is 0 Å². The van der Waals surface area contributed by atoms with E-state index in [4.69, 9.17) is 11.6 Å². The average Bonchev–Trinajstić information content (AvgIpc) is 2.71. The van der Waals surface area contributed by atoms with Crippen molar-refractivity contribution in [1.29, 1.82) is 0 Å². The molecule has 9 heteroatoms. The number of amides is 1. The van der Waals surface area contributed by atoms with E-state index in [1.165, 1.54) is 0 Å². The Bertz CT molecular complexity index is 890. The minimum absolute atomic E-state index is 0.0320. The summed E-state index contributed by atoms with van der Waals surface area (Å²) in [7, 11) is 5.72. The van der Waals surface area contributed by atoms with Crippen LogP contribution < -0.4 is 20.9 Å². The summed E-state index contributed by atoms with van der Waals surface area (Å²) in [5, 5.41) is 10.1. The molecule has 3 rings (SSSR count). The Morgan fingerprint density at radius 2 is 1.93 bits per heavy atom. The van der Waals surface area contributed by atoms with Crippen molar-refractivity contribution in [2.45, 2.75) is 45.2 Å². The first-order chi connectivity index (χ1) is 14.3. The van der Waals surface area contributed by atoms with Gasteiger partial charge in [0.25, 0.3) is 0 Å². The van der Waals surface area contributed by atoms with Crippen LogP contribution in [0.4, 0.5) is 17.6 Å². The van der Waals surface area contributed by atoms with Gasteiger partial charge in [-0.05, 0) is 49.9 Å². The maximum atomic E-state index is 12.8. The first-order valence-electron chi connectivity index (χ1n) is 10.3. The summed E-state index contributed by atoms with van der Waals surface area (Å²) in [5.41, 5.74) is 2.01. The van der Waals surface area contributed by atoms with Crippen molar-refractivity contribution >= 4 is 35.1 Å². The quantitative estimate of drug-likeness (QED) is 0.619. The second kappa shape index (κ2) is 9.93. The Morgan fingerprint density at radius 3 is 2.67 bits per heavy atom. The first kappa shape index (κ1) is 22.1. The molecule has 0 bridgehead atoms. The van der Waals surface area contributed by atoms with Crippen molar-refractivity contribution in [2.24, 2.45) is 5.92 Å². The highest BCUT2D eigenvalue weighted by atomic mass is 35.5. The highest BCUT2D eigenvalue weighted by Gasteiger charge is 2.27. The molecule has 0 saturated heterocycles. The molecule has 30 heavy (non-hydrogen) atoms. The molecule has 162 valence electrons. The van der Waals surface area contributed by atoms with Crippen LogP contribution in [-0.2, 0) is 11.3 Å². The lowest BCUT2D eigenvalue weighted by Crippen LogP contribution is -2.37. The van der Waals surface area contributed by atoms with Crippen molar-refractivity contribution in [1.82, 2.24) is 20.3 Å². The molecule has 1 amide bonds. The Morgan fingerprint density at radius 1 is 1.17 bits per heavy atom. The zero-order valence-electron chi connectivity index (χ0n) is 18.0. The smallest absolute Gasteiger partial charge is 0.227 e. The van der Waals surface area contributed by atoms with E-state index in [1.807, 2.05) is 44.1 Å². The molecule has 8 nitrogen and oxygen atoms in total. The Hall–Kier alpha value is -2.61. The van der Waals surface area contributed by atoms with Crippen molar-refractivity contribution in [3.8, 4) is 0 Å². The van der Waals surface area contributed by atoms with Gasteiger partial charge < -0.3 is 20.9 Å². The van der Waals surface area contributed by atoms with Gasteiger partial charge in [0.15, 0.2) is 0 Å². The summed E-state index contributed by atoms with van der Waals surface area (Å²) in [5.74, 6) is 1.79. The molecular weight excluding hydrogens is 402 g/mol. The van der Waals surface area contributed by atoms with Crippen molar-refractivity contribution in [3.05, 3.63) is 34.6 Å². The Kier molecular flexibility index (Phi) is 7.31. The third kappa shape index (κ3) is 5.95. The van der Waals surface area contributed by atoms with E-state index < -0.39 is 0 Å². The summed E-state index contributed by atoms with van der Waals surface area (Å²) < 4.78 is 0. The normalized spacial score (nSPS) is 18.6. The predicted molar refractivity (Wildman–Crippen MR) is 121 cm³/mol. The van der Waals surface area contributed by atoms with Crippen LogP contribution in [0.3, 0.4) is 0 Å². The highest BCUT2D eigenvalue weighted by molar-refractivity contribution is 6.30. The minimum Gasteiger partial charge on any atom is -0.378 e. The number of anilines is 3. The zero-order chi connectivity index (χ0) is 21.7. The van der Waals surface area contributed by atoms with Crippen LogP contribution in [-0.4, -0.2) is 48.0 Å². The van der Waals surface area contributed by atoms with Gasteiger partial charge in [-0.25, -0.2) is 0 Å². The number of hydrogen-bond donors (Lipinski definition) is 3. The molecule has 0 unspecified atom stereocenters. The van der Waals surface area contributed by atoms with Crippen LogP contribution in [0.1, 0.15) is 37.1 Å². The Labute approximate surface area is 182 Å². The Balaban J connectivity index is 1.57. The summed E-state index contributed by atoms with van der Waals surface area (Å²) in [6.45, 7) is 2.30. The van der Waals surface area contributed by atoms with Crippen molar-refractivity contribution in [3.63, 3.8) is 0 Å². The largest absolute Gasteiger partial charge is 0.378 e. The number of carbonyl (C=O) groups is 1. The maximum absolute atomic E-state index is 12.8. The third-order valence-electron chi connectivity index (χ3n) is 5.27. The standard InChI is InChI=1S/C21H30ClN7O/c1-13-25-20(23-2)28-21(26-13)27-17-7-5-6-15(10-17)19(30)24-12-14-8-16(22)11-18(9-14)29(3)4/h8-9,11,15,17H,5-7,10,12H2,1-4H3,(H,24,30)(H2,23,25,26,27,28)/t15-,17+/m0/s1. The van der Waals surface area contributed by atoms with E-state index in [0.29, 0.717) is 29.3 Å². The molecule has 1 fully saturated rings. The summed E-state index contributed by atoms with van der Waals surface area (Å²) in [4.78, 5) is 27.7. The molecule has 1 saturated carbocycles. The summed E-state index contributed by atoms with van der Waals surface area (Å²) in [6.07, 6.45) is 3.62. The van der Waals surface area contributed by atoms with Gasteiger partial charge >= 0.3 is 0 Å². The third-order valence-corrected chi connectivity index (χ3v) is 5.49. The van der Waals surface area contributed by atoms with Gasteiger partial charge in [-0.15, -0.1) is 0 Å². The number of nitrogens with one attached hydrogen (secondary N) is 3. The van der Waals surface area contributed by atoms with Gasteiger partial charge in [0.2, 0.25) is 17.8 Å². The van der Waals surface area contributed by atoms with Crippen LogP contribution >= 0.6 is 11.6 Å². The van der Waals surface area contributed by atoms with E-state index in [9.17, 15) is 4.79 Å². The van der Waals surface area contributed by atoms with E-state index in [0.717, 1.165) is 36.9 Å². The van der Waals surface area contributed by atoms with Gasteiger partial charge in [0, 0.05) is 50.4 Å². The monoisotopic (exact) mass is 431 g/mol. The fourth-order valence-electron chi connectivity index (χ4n) is 3.73. The molecule has 3 N–H and O–H groups in total. The van der Waals surface area contributed by atoms with Crippen molar-refractivity contribution < 1.29 is 4.79 Å². The van der Waals surface area contributed by atoms with Gasteiger partial charge in [0.1, 0.15) is 5.82 Å². The second-order valence-corrected chi connectivity index (χ2v) is 8.35. The van der Waals surface area contributed by atoms with Gasteiger partial charge in [-0.1, -0.05) is 18.0 Å². The van der Waals surface area contributed by atoms with Crippen LogP contribution in [0.5, 0.6) is 0 Å². The summed E-state index contributed by atoms with van der Waals surface area (Å²) >= 11 is 6.22. The number of hydrogen-bond acceptors (Lipinski definition) is 7. The van der Waals surface area contributed by atoms with Crippen LogP contribution in [0.25, 0.3) is 0 Å². The molecule has 1 aliphatic carbocycles. The van der Waals surface area contributed by atoms with Gasteiger partial charge in [-0.3, -0.25) is 4.79 Å². The predicted octanol–water partition coefficient (Wildman–Crippen LogP) is 3.23. The zero-order valence-corrected chi connectivity index (χ0v) is 18.8. The number of carbonyl (C=O) groups excluding carboxylic acids is 1. The molecule has 1 aromatic carbocycles. The van der Waals surface area contributed by atoms with Gasteiger partial charge in [-0.2, -0.15) is 15.0 Å². The molecular formula is C21H30ClN7O. The second-order valence-electron chi connectivity index (χ2n) is 7.91. The van der Waals surface area contributed by atoms with Crippen LogP contribution in [0.15, 0.2) is 18.2 Å². The van der Waals surface area contributed by atoms with Crippen LogP contribution in [0, 0.1) is 12.8 Å². The lowest BCUT2D eigenvalue weighted by molar-refractivity contribution is -0.126. The molecule has 2 atom stereocenters. The lowest BCUT2D eigenvalue weighted by atomic mass is 9.85. The lowest BCUT2D eigenvalue weighted by Gasteiger charge is -2.29. The average molecular weight is 432 g/mol. The number of nitrogens with zero attached hydrogens (tertiary/aromatic N) is 4.